The average molecular weight is 749 g/mol. The van der Waals surface area contributed by atoms with E-state index in [0.29, 0.717) is 43.9 Å². The van der Waals surface area contributed by atoms with E-state index in [4.69, 9.17) is 14.2 Å². The zero-order valence-corrected chi connectivity index (χ0v) is 32.7. The van der Waals surface area contributed by atoms with Gasteiger partial charge < -0.3 is 35.1 Å². The fourth-order valence-electron chi connectivity index (χ4n) is 6.31. The highest BCUT2D eigenvalue weighted by atomic mass is 32.1. The molecule has 13 nitrogen and oxygen atoms in total. The topological polar surface area (TPSA) is 161 Å². The van der Waals surface area contributed by atoms with E-state index in [9.17, 15) is 19.2 Å². The van der Waals surface area contributed by atoms with Crippen LogP contribution in [0, 0.1) is 12.3 Å². The second-order valence-corrected chi connectivity index (χ2v) is 16.7. The minimum absolute atomic E-state index is 0.0227. The third-order valence-corrected chi connectivity index (χ3v) is 10.2. The first-order chi connectivity index (χ1) is 25.0. The normalized spacial score (nSPS) is 19.7. The SMILES string of the molecule is Cc1ncsc1-c1ccc(C(C)NC(=O)C2CCCN2C(=O)C(NC(=O)COc2ccc(OC3CC(NC(=O)OC(C)(C)C)C3)nc2)C(C)(C)C)cc1. The fourth-order valence-corrected chi connectivity index (χ4v) is 7.12. The van der Waals surface area contributed by atoms with E-state index in [2.05, 4.69) is 25.9 Å². The number of aromatic nitrogens is 2. The molecule has 4 amide bonds. The van der Waals surface area contributed by atoms with Crippen LogP contribution >= 0.6 is 11.3 Å². The maximum atomic E-state index is 14.0. The third-order valence-electron chi connectivity index (χ3n) is 9.22. The molecule has 3 N–H and O–H groups in total. The molecular formula is C39H52N6O7S. The molecule has 1 saturated carbocycles. The lowest BCUT2D eigenvalue weighted by molar-refractivity contribution is -0.144. The van der Waals surface area contributed by atoms with Gasteiger partial charge in [0, 0.05) is 31.5 Å². The zero-order valence-electron chi connectivity index (χ0n) is 31.9. The van der Waals surface area contributed by atoms with Crippen molar-refractivity contribution in [2.75, 3.05) is 13.2 Å². The number of carbonyl (C=O) groups is 4. The van der Waals surface area contributed by atoms with Gasteiger partial charge >= 0.3 is 6.09 Å². The lowest BCUT2D eigenvalue weighted by Crippen LogP contribution is -2.58. The van der Waals surface area contributed by atoms with Gasteiger partial charge in [0.1, 0.15) is 29.5 Å². The summed E-state index contributed by atoms with van der Waals surface area (Å²) >= 11 is 1.59. The molecule has 3 atom stereocenters. The summed E-state index contributed by atoms with van der Waals surface area (Å²) in [6.45, 7) is 15.1. The molecule has 286 valence electrons. The molecule has 1 aliphatic carbocycles. The number of benzene rings is 1. The van der Waals surface area contributed by atoms with Gasteiger partial charge in [0.15, 0.2) is 6.61 Å². The highest BCUT2D eigenvalue weighted by Crippen LogP contribution is 2.30. The van der Waals surface area contributed by atoms with Crippen molar-refractivity contribution in [1.82, 2.24) is 30.8 Å². The van der Waals surface area contributed by atoms with Crippen molar-refractivity contribution in [1.29, 1.82) is 0 Å². The average Bonchev–Trinajstić information content (AvgIpc) is 3.74. The monoisotopic (exact) mass is 748 g/mol. The minimum atomic E-state index is -0.878. The number of hydrogen-bond donors (Lipinski definition) is 3. The Labute approximate surface area is 315 Å². The van der Waals surface area contributed by atoms with Crippen molar-refractivity contribution in [3.63, 3.8) is 0 Å². The van der Waals surface area contributed by atoms with Crippen molar-refractivity contribution in [2.24, 2.45) is 5.41 Å². The number of pyridine rings is 1. The minimum Gasteiger partial charge on any atom is -0.482 e. The number of likely N-dealkylation sites (tertiary alicyclic amines) is 1. The second kappa shape index (κ2) is 16.5. The molecule has 14 heteroatoms. The molecule has 2 fully saturated rings. The van der Waals surface area contributed by atoms with E-state index in [-0.39, 0.29) is 36.6 Å². The zero-order chi connectivity index (χ0) is 38.5. The van der Waals surface area contributed by atoms with Gasteiger partial charge in [0.25, 0.3) is 5.91 Å². The van der Waals surface area contributed by atoms with Gasteiger partial charge in [0.05, 0.1) is 28.3 Å². The Morgan fingerprint density at radius 1 is 0.981 bits per heavy atom. The predicted molar refractivity (Wildman–Crippen MR) is 202 cm³/mol. The van der Waals surface area contributed by atoms with E-state index in [1.807, 2.05) is 85.2 Å². The van der Waals surface area contributed by atoms with Crippen LogP contribution < -0.4 is 25.4 Å². The molecule has 53 heavy (non-hydrogen) atoms. The molecule has 3 unspecified atom stereocenters. The van der Waals surface area contributed by atoms with Crippen LogP contribution in [0.25, 0.3) is 10.4 Å². The number of carbonyl (C=O) groups excluding carboxylic acids is 4. The van der Waals surface area contributed by atoms with Crippen molar-refractivity contribution in [3.05, 3.63) is 59.4 Å². The molecule has 0 spiro atoms. The number of ether oxygens (including phenoxy) is 3. The highest BCUT2D eigenvalue weighted by Gasteiger charge is 2.42. The van der Waals surface area contributed by atoms with Crippen LogP contribution in [0.15, 0.2) is 48.1 Å². The summed E-state index contributed by atoms with van der Waals surface area (Å²) < 4.78 is 16.9. The van der Waals surface area contributed by atoms with Gasteiger partial charge in [0.2, 0.25) is 17.7 Å². The standard InChI is InChI=1S/C39H52N6O7S/c1-23(25-11-13-26(14-12-25)33-24(2)41-22-53-33)42-35(47)30-10-9-17-45(30)36(48)34(38(3,4)5)44-31(46)21-50-28-15-16-32(40-20-28)51-29-18-27(19-29)43-37(49)52-39(6,7)8/h11-16,20,22-23,27,29-30,34H,9-10,17-19,21H2,1-8H3,(H,42,47)(H,43,49)(H,44,46). The molecular weight excluding hydrogens is 697 g/mol. The third kappa shape index (κ3) is 10.7. The molecule has 2 aliphatic rings. The van der Waals surface area contributed by atoms with Crippen LogP contribution in [0.1, 0.15) is 91.4 Å². The first-order valence-corrected chi connectivity index (χ1v) is 19.0. The van der Waals surface area contributed by atoms with E-state index in [1.54, 1.807) is 28.4 Å². The van der Waals surface area contributed by atoms with Gasteiger partial charge in [-0.2, -0.15) is 0 Å². The number of hydrogen-bond acceptors (Lipinski definition) is 10. The van der Waals surface area contributed by atoms with Gasteiger partial charge in [-0.05, 0) is 70.1 Å². The summed E-state index contributed by atoms with van der Waals surface area (Å²) in [4.78, 5) is 63.9. The number of amides is 4. The van der Waals surface area contributed by atoms with Crippen LogP contribution in [-0.2, 0) is 19.1 Å². The molecule has 3 aromatic rings. The van der Waals surface area contributed by atoms with Crippen LogP contribution in [-0.4, -0.2) is 81.7 Å². The number of rotatable bonds is 12. The number of thiazole rings is 1. The summed E-state index contributed by atoms with van der Waals surface area (Å²) in [7, 11) is 0. The fraction of sp³-hybridized carbons (Fsp3) is 0.538. The summed E-state index contributed by atoms with van der Waals surface area (Å²) in [6, 6.07) is 9.58. The number of nitrogens with one attached hydrogen (secondary N) is 3. The first-order valence-electron chi connectivity index (χ1n) is 18.1. The Morgan fingerprint density at radius 2 is 1.70 bits per heavy atom. The molecule has 3 heterocycles. The lowest BCUT2D eigenvalue weighted by atomic mass is 9.85. The summed E-state index contributed by atoms with van der Waals surface area (Å²) in [5, 5.41) is 8.79. The lowest BCUT2D eigenvalue weighted by Gasteiger charge is -2.35. The molecule has 1 saturated heterocycles. The molecule has 2 aromatic heterocycles. The van der Waals surface area contributed by atoms with Gasteiger partial charge in [-0.25, -0.2) is 14.8 Å². The molecule has 0 bridgehead atoms. The molecule has 1 aromatic carbocycles. The van der Waals surface area contributed by atoms with E-state index >= 15 is 0 Å². The summed E-state index contributed by atoms with van der Waals surface area (Å²) in [5.41, 5.74) is 3.66. The van der Waals surface area contributed by atoms with E-state index < -0.39 is 35.1 Å². The van der Waals surface area contributed by atoms with Crippen molar-refractivity contribution in [3.8, 4) is 22.1 Å². The van der Waals surface area contributed by atoms with Crippen LogP contribution in [0.5, 0.6) is 11.6 Å². The highest BCUT2D eigenvalue weighted by molar-refractivity contribution is 7.13. The Morgan fingerprint density at radius 3 is 2.30 bits per heavy atom. The predicted octanol–water partition coefficient (Wildman–Crippen LogP) is 5.73. The Bertz CT molecular complexity index is 1740. The first kappa shape index (κ1) is 39.5. The Hall–Kier alpha value is -4.72. The largest absolute Gasteiger partial charge is 0.482 e. The van der Waals surface area contributed by atoms with Gasteiger partial charge in [-0.1, -0.05) is 45.0 Å². The second-order valence-electron chi connectivity index (χ2n) is 15.9. The Balaban J connectivity index is 1.09. The van der Waals surface area contributed by atoms with Crippen molar-refractivity contribution >= 4 is 35.2 Å². The van der Waals surface area contributed by atoms with Crippen LogP contribution in [0.4, 0.5) is 4.79 Å². The smallest absolute Gasteiger partial charge is 0.407 e. The van der Waals surface area contributed by atoms with E-state index in [0.717, 1.165) is 21.7 Å². The van der Waals surface area contributed by atoms with Crippen molar-refractivity contribution in [2.45, 2.75) is 117 Å². The van der Waals surface area contributed by atoms with Crippen LogP contribution in [0.2, 0.25) is 0 Å². The number of alkyl carbamates (subject to hydrolysis) is 1. The quantitative estimate of drug-likeness (QED) is 0.210. The van der Waals surface area contributed by atoms with Gasteiger partial charge in [-0.3, -0.25) is 14.4 Å². The van der Waals surface area contributed by atoms with Gasteiger partial charge in [-0.15, -0.1) is 11.3 Å². The number of nitrogens with zero attached hydrogens (tertiary/aromatic N) is 3. The van der Waals surface area contributed by atoms with E-state index in [1.165, 1.54) is 6.20 Å². The number of aryl methyl sites for hydroxylation is 1. The van der Waals surface area contributed by atoms with Crippen molar-refractivity contribution < 1.29 is 33.4 Å². The maximum Gasteiger partial charge on any atom is 0.407 e. The maximum absolute atomic E-state index is 14.0. The molecule has 5 rings (SSSR count). The summed E-state index contributed by atoms with van der Waals surface area (Å²) in [5.74, 6) is -0.226. The molecule has 1 aliphatic heterocycles. The Kier molecular flexibility index (Phi) is 12.3. The van der Waals surface area contributed by atoms with Crippen LogP contribution in [0.3, 0.4) is 0 Å². The molecule has 0 radical (unpaired) electrons. The summed E-state index contributed by atoms with van der Waals surface area (Å²) in [6.07, 6.45) is 3.43.